The van der Waals surface area contributed by atoms with Crippen molar-refractivity contribution in [3.8, 4) is 0 Å². The molecule has 0 aromatic carbocycles. The highest BCUT2D eigenvalue weighted by Gasteiger charge is 2.51. The SMILES string of the molecule is CCC1CC1C(C)(F)CC1CC1. The van der Waals surface area contributed by atoms with Crippen molar-refractivity contribution in [3.63, 3.8) is 0 Å². The molecule has 0 spiro atoms. The molecular formula is C11H19F. The third-order valence-corrected chi connectivity index (χ3v) is 3.60. The Hall–Kier alpha value is -0.0700. The van der Waals surface area contributed by atoms with Crippen molar-refractivity contribution in [2.75, 3.05) is 0 Å². The van der Waals surface area contributed by atoms with Gasteiger partial charge in [-0.05, 0) is 37.5 Å². The topological polar surface area (TPSA) is 0 Å². The summed E-state index contributed by atoms with van der Waals surface area (Å²) in [5.74, 6) is 1.85. The smallest absolute Gasteiger partial charge is 0.111 e. The summed E-state index contributed by atoms with van der Waals surface area (Å²) in [5, 5.41) is 0. The molecule has 3 unspecified atom stereocenters. The Morgan fingerprint density at radius 2 is 2.08 bits per heavy atom. The summed E-state index contributed by atoms with van der Waals surface area (Å²) < 4.78 is 14.0. The average molecular weight is 170 g/mol. The molecule has 0 amide bonds. The minimum absolute atomic E-state index is 0.406. The Morgan fingerprint density at radius 3 is 2.50 bits per heavy atom. The maximum Gasteiger partial charge on any atom is 0.111 e. The van der Waals surface area contributed by atoms with E-state index in [1.807, 2.05) is 6.92 Å². The summed E-state index contributed by atoms with van der Waals surface area (Å²) in [6.07, 6.45) is 5.73. The van der Waals surface area contributed by atoms with Crippen LogP contribution in [-0.2, 0) is 0 Å². The summed E-state index contributed by atoms with van der Waals surface area (Å²) >= 11 is 0. The van der Waals surface area contributed by atoms with Crippen LogP contribution in [0.2, 0.25) is 0 Å². The van der Waals surface area contributed by atoms with Gasteiger partial charge in [-0.15, -0.1) is 0 Å². The van der Waals surface area contributed by atoms with Crippen LogP contribution >= 0.6 is 0 Å². The molecule has 0 radical (unpaired) electrons. The zero-order valence-corrected chi connectivity index (χ0v) is 8.15. The molecule has 0 bridgehead atoms. The van der Waals surface area contributed by atoms with Crippen LogP contribution in [0.15, 0.2) is 0 Å². The van der Waals surface area contributed by atoms with Gasteiger partial charge >= 0.3 is 0 Å². The van der Waals surface area contributed by atoms with Gasteiger partial charge in [-0.1, -0.05) is 26.2 Å². The average Bonchev–Trinajstić information content (AvgIpc) is 2.80. The number of halogens is 1. The van der Waals surface area contributed by atoms with Crippen LogP contribution in [0, 0.1) is 17.8 Å². The maximum absolute atomic E-state index is 14.0. The molecule has 0 aromatic rings. The van der Waals surface area contributed by atoms with Crippen molar-refractivity contribution in [2.45, 2.75) is 51.6 Å². The molecule has 1 heteroatoms. The van der Waals surface area contributed by atoms with Crippen LogP contribution in [0.25, 0.3) is 0 Å². The summed E-state index contributed by atoms with van der Waals surface area (Å²) in [6.45, 7) is 4.00. The van der Waals surface area contributed by atoms with E-state index in [1.165, 1.54) is 19.3 Å². The normalized spacial score (nSPS) is 39.2. The Kier molecular flexibility index (Phi) is 1.93. The van der Waals surface area contributed by atoms with E-state index in [0.717, 1.165) is 18.8 Å². The zero-order valence-electron chi connectivity index (χ0n) is 8.15. The van der Waals surface area contributed by atoms with E-state index in [-0.39, 0.29) is 0 Å². The van der Waals surface area contributed by atoms with Crippen molar-refractivity contribution in [1.29, 1.82) is 0 Å². The highest BCUT2D eigenvalue weighted by Crippen LogP contribution is 2.54. The second-order valence-corrected chi connectivity index (χ2v) is 4.94. The Labute approximate surface area is 74.5 Å². The first-order valence-corrected chi connectivity index (χ1v) is 5.32. The zero-order chi connectivity index (χ0) is 8.77. The molecule has 2 fully saturated rings. The van der Waals surface area contributed by atoms with E-state index in [4.69, 9.17) is 0 Å². The fourth-order valence-electron chi connectivity index (χ4n) is 2.47. The molecule has 2 saturated carbocycles. The van der Waals surface area contributed by atoms with Gasteiger partial charge in [0, 0.05) is 0 Å². The quantitative estimate of drug-likeness (QED) is 0.605. The summed E-state index contributed by atoms with van der Waals surface area (Å²) in [6, 6.07) is 0. The largest absolute Gasteiger partial charge is 0.244 e. The van der Waals surface area contributed by atoms with E-state index in [9.17, 15) is 4.39 Å². The van der Waals surface area contributed by atoms with Crippen LogP contribution in [0.4, 0.5) is 4.39 Å². The van der Waals surface area contributed by atoms with Crippen molar-refractivity contribution >= 4 is 0 Å². The Bertz CT molecular complexity index is 170. The van der Waals surface area contributed by atoms with Crippen molar-refractivity contribution in [3.05, 3.63) is 0 Å². The lowest BCUT2D eigenvalue weighted by Crippen LogP contribution is -2.22. The lowest BCUT2D eigenvalue weighted by molar-refractivity contribution is 0.127. The predicted octanol–water partition coefficient (Wildman–Crippen LogP) is 3.56. The molecular weight excluding hydrogens is 151 g/mol. The van der Waals surface area contributed by atoms with Gasteiger partial charge in [0.2, 0.25) is 0 Å². The first kappa shape index (κ1) is 8.52. The maximum atomic E-state index is 14.0. The second-order valence-electron chi connectivity index (χ2n) is 4.94. The van der Waals surface area contributed by atoms with Gasteiger partial charge in [0.05, 0.1) is 0 Å². The van der Waals surface area contributed by atoms with Crippen LogP contribution < -0.4 is 0 Å². The van der Waals surface area contributed by atoms with E-state index >= 15 is 0 Å². The van der Waals surface area contributed by atoms with Gasteiger partial charge < -0.3 is 0 Å². The molecule has 0 aliphatic heterocycles. The highest BCUT2D eigenvalue weighted by molar-refractivity contribution is 5.00. The molecule has 0 N–H and O–H groups in total. The first-order chi connectivity index (χ1) is 5.63. The van der Waals surface area contributed by atoms with E-state index in [2.05, 4.69) is 6.92 Å². The van der Waals surface area contributed by atoms with Crippen molar-refractivity contribution in [1.82, 2.24) is 0 Å². The lowest BCUT2D eigenvalue weighted by Gasteiger charge is -2.20. The van der Waals surface area contributed by atoms with Gasteiger partial charge in [-0.3, -0.25) is 0 Å². The minimum Gasteiger partial charge on any atom is -0.244 e. The van der Waals surface area contributed by atoms with Crippen molar-refractivity contribution < 1.29 is 4.39 Å². The predicted molar refractivity (Wildman–Crippen MR) is 48.7 cm³/mol. The first-order valence-electron chi connectivity index (χ1n) is 5.32. The number of alkyl halides is 1. The molecule has 0 aromatic heterocycles. The monoisotopic (exact) mass is 170 g/mol. The fraction of sp³-hybridized carbons (Fsp3) is 1.00. The van der Waals surface area contributed by atoms with Gasteiger partial charge in [0.25, 0.3) is 0 Å². The fourth-order valence-corrected chi connectivity index (χ4v) is 2.47. The summed E-state index contributed by atoms with van der Waals surface area (Å²) in [5.41, 5.74) is -0.832. The molecule has 0 nitrogen and oxygen atoms in total. The molecule has 0 saturated heterocycles. The van der Waals surface area contributed by atoms with E-state index < -0.39 is 5.67 Å². The third-order valence-electron chi connectivity index (χ3n) is 3.60. The van der Waals surface area contributed by atoms with Crippen LogP contribution in [0.1, 0.15) is 46.0 Å². The number of rotatable bonds is 4. The molecule has 2 rings (SSSR count). The molecule has 2 aliphatic carbocycles. The molecule has 2 aliphatic rings. The Morgan fingerprint density at radius 1 is 1.42 bits per heavy atom. The van der Waals surface area contributed by atoms with Crippen LogP contribution in [-0.4, -0.2) is 5.67 Å². The van der Waals surface area contributed by atoms with Gasteiger partial charge in [-0.2, -0.15) is 0 Å². The van der Waals surface area contributed by atoms with Gasteiger partial charge in [0.15, 0.2) is 0 Å². The number of hydrogen-bond acceptors (Lipinski definition) is 0. The molecule has 3 atom stereocenters. The number of hydrogen-bond donors (Lipinski definition) is 0. The van der Waals surface area contributed by atoms with Crippen LogP contribution in [0.3, 0.4) is 0 Å². The van der Waals surface area contributed by atoms with E-state index in [0.29, 0.717) is 11.8 Å². The standard InChI is InChI=1S/C11H19F/c1-3-9-6-10(9)11(2,12)7-8-4-5-8/h8-10H,3-7H2,1-2H3. The molecule has 0 heterocycles. The summed E-state index contributed by atoms with van der Waals surface area (Å²) in [7, 11) is 0. The van der Waals surface area contributed by atoms with Gasteiger partial charge in [-0.25, -0.2) is 4.39 Å². The molecule has 70 valence electrons. The van der Waals surface area contributed by atoms with E-state index in [1.54, 1.807) is 0 Å². The van der Waals surface area contributed by atoms with Crippen molar-refractivity contribution in [2.24, 2.45) is 17.8 Å². The lowest BCUT2D eigenvalue weighted by atomic mass is 9.94. The minimum atomic E-state index is -0.832. The summed E-state index contributed by atoms with van der Waals surface area (Å²) in [4.78, 5) is 0. The molecule has 12 heavy (non-hydrogen) atoms. The second kappa shape index (κ2) is 2.71. The highest BCUT2D eigenvalue weighted by atomic mass is 19.1. The van der Waals surface area contributed by atoms with Crippen LogP contribution in [0.5, 0.6) is 0 Å². The third kappa shape index (κ3) is 1.65. The van der Waals surface area contributed by atoms with Gasteiger partial charge in [0.1, 0.15) is 5.67 Å². The Balaban J connectivity index is 1.83.